The number of nitrogens with zero attached hydrogens (tertiary/aromatic N) is 1. The first-order valence-corrected chi connectivity index (χ1v) is 7.47. The van der Waals surface area contributed by atoms with Crippen LogP contribution in [0.1, 0.15) is 51.9 Å². The molecule has 1 heterocycles. The van der Waals surface area contributed by atoms with E-state index in [1.807, 2.05) is 11.8 Å². The van der Waals surface area contributed by atoms with Gasteiger partial charge in [-0.1, -0.05) is 11.6 Å². The molecule has 0 aromatic rings. The van der Waals surface area contributed by atoms with E-state index in [1.54, 1.807) is 5.57 Å². The Morgan fingerprint density at radius 3 is 2.78 bits per heavy atom. The van der Waals surface area contributed by atoms with Gasteiger partial charge in [-0.25, -0.2) is 0 Å². The minimum atomic E-state index is -0.0231. The summed E-state index contributed by atoms with van der Waals surface area (Å²) in [5.41, 5.74) is 1.57. The van der Waals surface area contributed by atoms with Gasteiger partial charge in [0.15, 0.2) is 0 Å². The van der Waals surface area contributed by atoms with Crippen molar-refractivity contribution >= 4 is 5.91 Å². The van der Waals surface area contributed by atoms with Crippen molar-refractivity contribution in [3.05, 3.63) is 11.6 Å². The standard InChI is InChI=1S/C15H26N2O/c1-13(15(18)17-11-5-2-6-12-17)16-10-9-14-7-3-4-8-14/h7,13,16H,2-6,8-12H2,1H3. The quantitative estimate of drug-likeness (QED) is 0.760. The number of nitrogens with one attached hydrogen (secondary N) is 1. The minimum Gasteiger partial charge on any atom is -0.341 e. The number of allylic oxidation sites excluding steroid dienone is 1. The Labute approximate surface area is 111 Å². The number of carbonyl (C=O) groups is 1. The Hall–Kier alpha value is -0.830. The first-order chi connectivity index (χ1) is 8.77. The van der Waals surface area contributed by atoms with Gasteiger partial charge in [-0.15, -0.1) is 0 Å². The summed E-state index contributed by atoms with van der Waals surface area (Å²) in [5, 5.41) is 3.37. The number of rotatable bonds is 5. The summed E-state index contributed by atoms with van der Waals surface area (Å²) in [4.78, 5) is 14.2. The number of hydrogen-bond donors (Lipinski definition) is 1. The first-order valence-electron chi connectivity index (χ1n) is 7.47. The molecule has 1 unspecified atom stereocenters. The lowest BCUT2D eigenvalue weighted by atomic mass is 10.1. The van der Waals surface area contributed by atoms with E-state index in [4.69, 9.17) is 0 Å². The van der Waals surface area contributed by atoms with Crippen molar-refractivity contribution in [1.82, 2.24) is 10.2 Å². The number of hydrogen-bond acceptors (Lipinski definition) is 2. The van der Waals surface area contributed by atoms with Crippen LogP contribution in [0.5, 0.6) is 0 Å². The highest BCUT2D eigenvalue weighted by molar-refractivity contribution is 5.81. The van der Waals surface area contributed by atoms with Crippen molar-refractivity contribution in [3.8, 4) is 0 Å². The van der Waals surface area contributed by atoms with Crippen LogP contribution in [0.25, 0.3) is 0 Å². The number of piperidine rings is 1. The summed E-state index contributed by atoms with van der Waals surface area (Å²) in [7, 11) is 0. The fourth-order valence-corrected chi connectivity index (χ4v) is 2.89. The van der Waals surface area contributed by atoms with E-state index in [9.17, 15) is 4.79 Å². The lowest BCUT2D eigenvalue weighted by Crippen LogP contribution is -2.47. The fourth-order valence-electron chi connectivity index (χ4n) is 2.89. The largest absolute Gasteiger partial charge is 0.341 e. The van der Waals surface area contributed by atoms with Crippen LogP contribution >= 0.6 is 0 Å². The van der Waals surface area contributed by atoms with Gasteiger partial charge in [-0.2, -0.15) is 0 Å². The maximum Gasteiger partial charge on any atom is 0.239 e. The van der Waals surface area contributed by atoms with Gasteiger partial charge in [0.05, 0.1) is 6.04 Å². The van der Waals surface area contributed by atoms with Crippen LogP contribution in [0.4, 0.5) is 0 Å². The second-order valence-corrected chi connectivity index (χ2v) is 5.57. The Morgan fingerprint density at radius 2 is 2.11 bits per heavy atom. The Morgan fingerprint density at radius 1 is 1.33 bits per heavy atom. The van der Waals surface area contributed by atoms with Crippen molar-refractivity contribution in [2.45, 2.75) is 57.9 Å². The molecule has 102 valence electrons. The molecule has 1 saturated heterocycles. The van der Waals surface area contributed by atoms with E-state index >= 15 is 0 Å². The fraction of sp³-hybridized carbons (Fsp3) is 0.800. The van der Waals surface area contributed by atoms with E-state index in [2.05, 4.69) is 11.4 Å². The SMILES string of the molecule is CC(NCCC1=CCCC1)C(=O)N1CCCCC1. The molecule has 3 heteroatoms. The van der Waals surface area contributed by atoms with Crippen molar-refractivity contribution < 1.29 is 4.79 Å². The van der Waals surface area contributed by atoms with Gasteiger partial charge in [-0.3, -0.25) is 4.79 Å². The summed E-state index contributed by atoms with van der Waals surface area (Å²) < 4.78 is 0. The normalized spacial score (nSPS) is 21.8. The Bertz CT molecular complexity index is 306. The third kappa shape index (κ3) is 3.84. The molecule has 0 aromatic carbocycles. The summed E-state index contributed by atoms with van der Waals surface area (Å²) in [6.45, 7) is 4.85. The second-order valence-electron chi connectivity index (χ2n) is 5.57. The smallest absolute Gasteiger partial charge is 0.239 e. The third-order valence-electron chi connectivity index (χ3n) is 4.07. The van der Waals surface area contributed by atoms with Crippen LogP contribution in [0.3, 0.4) is 0 Å². The van der Waals surface area contributed by atoms with E-state index in [0.717, 1.165) is 26.1 Å². The van der Waals surface area contributed by atoms with Gasteiger partial charge < -0.3 is 10.2 Å². The van der Waals surface area contributed by atoms with Crippen molar-refractivity contribution in [3.63, 3.8) is 0 Å². The maximum absolute atomic E-state index is 12.2. The van der Waals surface area contributed by atoms with Crippen molar-refractivity contribution in [2.75, 3.05) is 19.6 Å². The summed E-state index contributed by atoms with van der Waals surface area (Å²) in [6, 6.07) is -0.0231. The van der Waals surface area contributed by atoms with Crippen LogP contribution in [0.15, 0.2) is 11.6 Å². The molecule has 2 aliphatic rings. The molecule has 2 rings (SSSR count). The highest BCUT2D eigenvalue weighted by Crippen LogP contribution is 2.19. The number of carbonyl (C=O) groups excluding carboxylic acids is 1. The van der Waals surface area contributed by atoms with Crippen LogP contribution in [0.2, 0.25) is 0 Å². The molecule has 1 amide bonds. The van der Waals surface area contributed by atoms with Gasteiger partial charge in [-0.05, 0) is 58.4 Å². The van der Waals surface area contributed by atoms with Gasteiger partial charge in [0, 0.05) is 13.1 Å². The monoisotopic (exact) mass is 250 g/mol. The molecule has 3 nitrogen and oxygen atoms in total. The lowest BCUT2D eigenvalue weighted by Gasteiger charge is -2.29. The maximum atomic E-state index is 12.2. The average molecular weight is 250 g/mol. The molecule has 18 heavy (non-hydrogen) atoms. The number of amides is 1. The minimum absolute atomic E-state index is 0.0231. The van der Waals surface area contributed by atoms with Crippen LogP contribution in [-0.4, -0.2) is 36.5 Å². The molecule has 1 aliphatic heterocycles. The Kier molecular flexibility index (Phi) is 5.24. The molecule has 0 aromatic heterocycles. The molecule has 1 fully saturated rings. The lowest BCUT2D eigenvalue weighted by molar-refractivity contribution is -0.133. The molecule has 1 atom stereocenters. The zero-order valence-corrected chi connectivity index (χ0v) is 11.6. The molecule has 0 bridgehead atoms. The highest BCUT2D eigenvalue weighted by atomic mass is 16.2. The van der Waals surface area contributed by atoms with Crippen LogP contribution in [0, 0.1) is 0 Å². The van der Waals surface area contributed by atoms with Crippen LogP contribution in [-0.2, 0) is 4.79 Å². The van der Waals surface area contributed by atoms with Gasteiger partial charge in [0.25, 0.3) is 0 Å². The van der Waals surface area contributed by atoms with E-state index in [1.165, 1.54) is 38.5 Å². The van der Waals surface area contributed by atoms with E-state index in [0.29, 0.717) is 0 Å². The molecule has 0 radical (unpaired) electrons. The predicted molar refractivity (Wildman–Crippen MR) is 74.4 cm³/mol. The number of likely N-dealkylation sites (tertiary alicyclic amines) is 1. The van der Waals surface area contributed by atoms with Crippen LogP contribution < -0.4 is 5.32 Å². The van der Waals surface area contributed by atoms with Gasteiger partial charge >= 0.3 is 0 Å². The van der Waals surface area contributed by atoms with Crippen molar-refractivity contribution in [1.29, 1.82) is 0 Å². The molecular formula is C15H26N2O. The van der Waals surface area contributed by atoms with E-state index < -0.39 is 0 Å². The second kappa shape index (κ2) is 6.93. The molecule has 1 N–H and O–H groups in total. The van der Waals surface area contributed by atoms with Crippen molar-refractivity contribution in [2.24, 2.45) is 0 Å². The highest BCUT2D eigenvalue weighted by Gasteiger charge is 2.21. The van der Waals surface area contributed by atoms with Gasteiger partial charge in [0.1, 0.15) is 0 Å². The molecule has 1 aliphatic carbocycles. The molecular weight excluding hydrogens is 224 g/mol. The third-order valence-corrected chi connectivity index (χ3v) is 4.07. The van der Waals surface area contributed by atoms with Gasteiger partial charge in [0.2, 0.25) is 5.91 Å². The first kappa shape index (κ1) is 13.6. The molecule has 0 spiro atoms. The topological polar surface area (TPSA) is 32.3 Å². The summed E-state index contributed by atoms with van der Waals surface area (Å²) in [6.07, 6.45) is 10.9. The average Bonchev–Trinajstić information content (AvgIpc) is 2.92. The molecule has 0 saturated carbocycles. The Balaban J connectivity index is 1.66. The predicted octanol–water partition coefficient (Wildman–Crippen LogP) is 2.48. The van der Waals surface area contributed by atoms with E-state index in [-0.39, 0.29) is 11.9 Å². The zero-order chi connectivity index (χ0) is 12.8. The summed E-state index contributed by atoms with van der Waals surface area (Å²) >= 11 is 0. The zero-order valence-electron chi connectivity index (χ0n) is 11.6. The summed E-state index contributed by atoms with van der Waals surface area (Å²) in [5.74, 6) is 0.287.